The monoisotopic (exact) mass is 312 g/mol. The van der Waals surface area contributed by atoms with Crippen LogP contribution in [0.4, 0.5) is 0 Å². The van der Waals surface area contributed by atoms with Crippen molar-refractivity contribution in [3.05, 3.63) is 24.3 Å². The molecule has 0 amide bonds. The average molecular weight is 312 g/mol. The molecule has 0 saturated carbocycles. The molecule has 4 heteroatoms. The van der Waals surface area contributed by atoms with Crippen molar-refractivity contribution in [2.45, 2.75) is 39.0 Å². The maximum atomic E-state index is 9.83. The van der Waals surface area contributed by atoms with E-state index in [1.54, 1.807) is 0 Å². The Kier molecular flexibility index (Phi) is 13.6. The molecule has 1 aliphatic carbocycles. The standard InChI is InChI=1S/C8H12.C4H6O3.Rh/c1-2-4-6-8-7-5-3-1;1-3(5)2-4(6)7;/h1-2,7-8H,3-6H2;2H2,1H3,(H,6,7);/p-1. The molecule has 1 radical (unpaired) electrons. The molecule has 1 aliphatic rings. The van der Waals surface area contributed by atoms with Gasteiger partial charge in [-0.05, 0) is 32.6 Å². The van der Waals surface area contributed by atoms with Crippen molar-refractivity contribution in [1.29, 1.82) is 0 Å². The Bertz CT molecular complexity index is 219. The fraction of sp³-hybridized carbons (Fsp3) is 0.500. The molecule has 0 aromatic carbocycles. The molecule has 0 fully saturated rings. The van der Waals surface area contributed by atoms with Crippen LogP contribution in [0.1, 0.15) is 39.0 Å². The van der Waals surface area contributed by atoms with Gasteiger partial charge in [0.05, 0.1) is 0 Å². The van der Waals surface area contributed by atoms with Crippen LogP contribution >= 0.6 is 0 Å². The van der Waals surface area contributed by atoms with Gasteiger partial charge in [0.25, 0.3) is 0 Å². The predicted molar refractivity (Wildman–Crippen MR) is 57.1 cm³/mol. The van der Waals surface area contributed by atoms with Crippen LogP contribution in [0, 0.1) is 0 Å². The minimum Gasteiger partial charge on any atom is -0.550 e. The first-order valence-electron chi connectivity index (χ1n) is 5.12. The van der Waals surface area contributed by atoms with Crippen molar-refractivity contribution in [1.82, 2.24) is 0 Å². The van der Waals surface area contributed by atoms with Crippen LogP contribution < -0.4 is 5.11 Å². The van der Waals surface area contributed by atoms with E-state index in [9.17, 15) is 14.7 Å². The Hall–Kier alpha value is -0.757. The van der Waals surface area contributed by atoms with Crippen molar-refractivity contribution in [3.8, 4) is 0 Å². The van der Waals surface area contributed by atoms with Gasteiger partial charge in [-0.2, -0.15) is 0 Å². The van der Waals surface area contributed by atoms with Gasteiger partial charge in [-0.3, -0.25) is 4.79 Å². The Labute approximate surface area is 109 Å². The van der Waals surface area contributed by atoms with Gasteiger partial charge >= 0.3 is 0 Å². The van der Waals surface area contributed by atoms with Crippen LogP contribution in [-0.4, -0.2) is 11.8 Å². The molecule has 16 heavy (non-hydrogen) atoms. The largest absolute Gasteiger partial charge is 0.550 e. The van der Waals surface area contributed by atoms with E-state index in [0.29, 0.717) is 0 Å². The van der Waals surface area contributed by atoms with Crippen LogP contribution in [0.3, 0.4) is 0 Å². The molecule has 0 atom stereocenters. The third-order valence-electron chi connectivity index (χ3n) is 1.73. The SMILES string of the molecule is C1=CCCC=CCC1.CC(=O)CC(=O)[O-].[Rh]. The van der Waals surface area contributed by atoms with Crippen LogP contribution in [0.2, 0.25) is 0 Å². The van der Waals surface area contributed by atoms with E-state index in [1.807, 2.05) is 0 Å². The maximum absolute atomic E-state index is 9.83. The number of hydrogen-bond donors (Lipinski definition) is 0. The van der Waals surface area contributed by atoms with Crippen molar-refractivity contribution in [2.24, 2.45) is 0 Å². The molecule has 0 aliphatic heterocycles. The first-order valence-corrected chi connectivity index (χ1v) is 5.12. The third-order valence-corrected chi connectivity index (χ3v) is 1.73. The van der Waals surface area contributed by atoms with Gasteiger partial charge in [0.1, 0.15) is 5.78 Å². The summed E-state index contributed by atoms with van der Waals surface area (Å²) in [5.41, 5.74) is 0. The van der Waals surface area contributed by atoms with Gasteiger partial charge in [0, 0.05) is 31.9 Å². The van der Waals surface area contributed by atoms with E-state index in [0.717, 1.165) is 0 Å². The Morgan fingerprint density at radius 3 is 1.44 bits per heavy atom. The minimum atomic E-state index is -1.31. The molecule has 0 N–H and O–H groups in total. The summed E-state index contributed by atoms with van der Waals surface area (Å²) < 4.78 is 0. The van der Waals surface area contributed by atoms with Gasteiger partial charge in [0.15, 0.2) is 0 Å². The molecular weight excluding hydrogens is 295 g/mol. The van der Waals surface area contributed by atoms with E-state index in [2.05, 4.69) is 24.3 Å². The smallest absolute Gasteiger partial charge is 0.135 e. The summed E-state index contributed by atoms with van der Waals surface area (Å²) in [5.74, 6) is -1.69. The molecular formula is C12H17O3Rh-. The quantitative estimate of drug-likeness (QED) is 0.440. The van der Waals surface area contributed by atoms with E-state index in [4.69, 9.17) is 0 Å². The summed E-state index contributed by atoms with van der Waals surface area (Å²) >= 11 is 0. The summed E-state index contributed by atoms with van der Waals surface area (Å²) in [6, 6.07) is 0. The molecule has 0 heterocycles. The molecule has 3 nitrogen and oxygen atoms in total. The van der Waals surface area contributed by atoms with Crippen LogP contribution in [-0.2, 0) is 29.1 Å². The van der Waals surface area contributed by atoms with Gasteiger partial charge in [-0.1, -0.05) is 24.3 Å². The zero-order valence-electron chi connectivity index (χ0n) is 9.40. The number of carbonyl (C=O) groups excluding carboxylic acids is 2. The second kappa shape index (κ2) is 12.3. The molecule has 0 aromatic heterocycles. The Morgan fingerprint density at radius 1 is 1.00 bits per heavy atom. The van der Waals surface area contributed by atoms with E-state index >= 15 is 0 Å². The summed E-state index contributed by atoms with van der Waals surface area (Å²) in [6.45, 7) is 1.20. The van der Waals surface area contributed by atoms with E-state index in [1.165, 1.54) is 32.6 Å². The molecule has 0 unspecified atom stereocenters. The van der Waals surface area contributed by atoms with Crippen molar-refractivity contribution in [3.63, 3.8) is 0 Å². The molecule has 0 aromatic rings. The second-order valence-corrected chi connectivity index (χ2v) is 3.35. The van der Waals surface area contributed by atoms with Crippen molar-refractivity contribution < 1.29 is 34.2 Å². The number of carbonyl (C=O) groups is 2. The summed E-state index contributed by atoms with van der Waals surface area (Å²) in [6.07, 6.45) is 13.5. The Morgan fingerprint density at radius 2 is 1.31 bits per heavy atom. The van der Waals surface area contributed by atoms with Crippen molar-refractivity contribution in [2.75, 3.05) is 0 Å². The number of aliphatic carboxylic acids is 1. The number of ketones is 1. The molecule has 1 rings (SSSR count). The normalized spacial score (nSPS) is 13.6. The first-order chi connectivity index (χ1) is 7.13. The number of Topliss-reactive ketones (excluding diaryl/α,β-unsaturated/α-hetero) is 1. The van der Waals surface area contributed by atoms with Gasteiger partial charge in [0.2, 0.25) is 0 Å². The summed E-state index contributed by atoms with van der Waals surface area (Å²) in [7, 11) is 0. The van der Waals surface area contributed by atoms with Crippen LogP contribution in [0.15, 0.2) is 24.3 Å². The fourth-order valence-electron chi connectivity index (χ4n) is 1.06. The fourth-order valence-corrected chi connectivity index (χ4v) is 1.06. The number of rotatable bonds is 2. The first kappa shape index (κ1) is 17.6. The number of hydrogen-bond acceptors (Lipinski definition) is 3. The van der Waals surface area contributed by atoms with Gasteiger partial charge in [-0.15, -0.1) is 0 Å². The van der Waals surface area contributed by atoms with Crippen LogP contribution in [0.5, 0.6) is 0 Å². The number of carboxylic acid groups (broad SMARTS) is 1. The average Bonchev–Trinajstić information content (AvgIpc) is 1.99. The zero-order chi connectivity index (χ0) is 11.5. The second-order valence-electron chi connectivity index (χ2n) is 3.35. The summed E-state index contributed by atoms with van der Waals surface area (Å²) in [4.78, 5) is 19.3. The molecule has 93 valence electrons. The van der Waals surface area contributed by atoms with Gasteiger partial charge < -0.3 is 9.90 Å². The molecule has 0 saturated heterocycles. The third kappa shape index (κ3) is 15.7. The Balaban J connectivity index is 0. The zero-order valence-corrected chi connectivity index (χ0v) is 11.0. The summed E-state index contributed by atoms with van der Waals surface area (Å²) in [5, 5.41) is 9.48. The maximum Gasteiger partial charge on any atom is 0.135 e. The van der Waals surface area contributed by atoms with Crippen LogP contribution in [0.25, 0.3) is 0 Å². The molecule has 0 spiro atoms. The topological polar surface area (TPSA) is 57.2 Å². The number of allylic oxidation sites excluding steroid dienone is 4. The molecule has 0 bridgehead atoms. The van der Waals surface area contributed by atoms with E-state index < -0.39 is 12.4 Å². The predicted octanol–water partition coefficient (Wildman–Crippen LogP) is 1.39. The van der Waals surface area contributed by atoms with Crippen molar-refractivity contribution >= 4 is 11.8 Å². The van der Waals surface area contributed by atoms with E-state index in [-0.39, 0.29) is 25.3 Å². The minimum absolute atomic E-state index is 0. The van der Waals surface area contributed by atoms with Gasteiger partial charge in [-0.25, -0.2) is 0 Å². The number of carboxylic acids is 1.